The van der Waals surface area contributed by atoms with Gasteiger partial charge in [-0.25, -0.2) is 14.4 Å². The molecule has 1 aromatic carbocycles. The Morgan fingerprint density at radius 2 is 1.59 bits per heavy atom. The van der Waals surface area contributed by atoms with E-state index in [1.807, 2.05) is 0 Å². The summed E-state index contributed by atoms with van der Waals surface area (Å²) in [7, 11) is 0. The van der Waals surface area contributed by atoms with Crippen LogP contribution in [0.25, 0.3) is 0 Å². The Kier molecular flexibility index (Phi) is 12.2. The standard InChI is InChI=1S/C22H32N2O8/c1-4-18(25)24-13-19(26)32-20-15(2)11-17(12-16(20)3)14-31-21(27)23-9-7-5-6-8-10-30-22(28)29/h11-12H,4-10,13-14H2,1-3H3,(H,23,27)(H,24,25)(H,28,29). The predicted molar refractivity (Wildman–Crippen MR) is 115 cm³/mol. The summed E-state index contributed by atoms with van der Waals surface area (Å²) in [6, 6.07) is 3.54. The summed E-state index contributed by atoms with van der Waals surface area (Å²) in [4.78, 5) is 45.2. The monoisotopic (exact) mass is 452 g/mol. The average Bonchev–Trinajstić information content (AvgIpc) is 2.74. The third-order valence-electron chi connectivity index (χ3n) is 4.42. The van der Waals surface area contributed by atoms with Crippen LogP contribution in [0.1, 0.15) is 55.7 Å². The molecular weight excluding hydrogens is 420 g/mol. The number of hydrogen-bond donors (Lipinski definition) is 3. The van der Waals surface area contributed by atoms with Gasteiger partial charge in [0.2, 0.25) is 5.91 Å². The van der Waals surface area contributed by atoms with E-state index in [4.69, 9.17) is 14.6 Å². The van der Waals surface area contributed by atoms with Crippen LogP contribution in [0, 0.1) is 13.8 Å². The Balaban J connectivity index is 2.34. The van der Waals surface area contributed by atoms with Crippen LogP contribution >= 0.6 is 0 Å². The number of unbranched alkanes of at least 4 members (excludes halogenated alkanes) is 3. The van der Waals surface area contributed by atoms with Crippen LogP contribution in [0.5, 0.6) is 5.75 Å². The van der Waals surface area contributed by atoms with E-state index in [-0.39, 0.29) is 32.1 Å². The second kappa shape index (κ2) is 14.7. The summed E-state index contributed by atoms with van der Waals surface area (Å²) < 4.78 is 15.0. The second-order valence-electron chi connectivity index (χ2n) is 7.19. The zero-order chi connectivity index (χ0) is 23.9. The highest BCUT2D eigenvalue weighted by atomic mass is 16.7. The van der Waals surface area contributed by atoms with Gasteiger partial charge in [-0.15, -0.1) is 0 Å². The van der Waals surface area contributed by atoms with Crippen LogP contribution in [0.15, 0.2) is 12.1 Å². The van der Waals surface area contributed by atoms with Crippen molar-refractivity contribution in [3.8, 4) is 5.75 Å². The Morgan fingerprint density at radius 3 is 2.22 bits per heavy atom. The van der Waals surface area contributed by atoms with Crippen molar-refractivity contribution in [3.05, 3.63) is 28.8 Å². The molecule has 0 aliphatic rings. The number of rotatable bonds is 13. The molecule has 2 amide bonds. The maximum atomic E-state index is 11.9. The number of ether oxygens (including phenoxy) is 3. The van der Waals surface area contributed by atoms with E-state index < -0.39 is 18.2 Å². The van der Waals surface area contributed by atoms with Gasteiger partial charge in [-0.2, -0.15) is 0 Å². The average molecular weight is 453 g/mol. The van der Waals surface area contributed by atoms with E-state index in [1.165, 1.54) is 0 Å². The van der Waals surface area contributed by atoms with Gasteiger partial charge in [0, 0.05) is 13.0 Å². The van der Waals surface area contributed by atoms with Gasteiger partial charge in [0.25, 0.3) is 0 Å². The van der Waals surface area contributed by atoms with Crippen molar-refractivity contribution in [2.24, 2.45) is 0 Å². The lowest BCUT2D eigenvalue weighted by Crippen LogP contribution is -2.31. The summed E-state index contributed by atoms with van der Waals surface area (Å²) in [5.74, 6) is -0.370. The molecule has 0 aliphatic heterocycles. The quantitative estimate of drug-likeness (QED) is 0.235. The molecule has 10 nitrogen and oxygen atoms in total. The van der Waals surface area contributed by atoms with Crippen LogP contribution in [0.4, 0.5) is 9.59 Å². The van der Waals surface area contributed by atoms with Crippen molar-refractivity contribution in [2.75, 3.05) is 19.7 Å². The lowest BCUT2D eigenvalue weighted by molar-refractivity contribution is -0.135. The summed E-state index contributed by atoms with van der Waals surface area (Å²) in [6.45, 7) is 5.76. The molecule has 0 atom stereocenters. The van der Waals surface area contributed by atoms with Crippen molar-refractivity contribution < 1.29 is 38.5 Å². The van der Waals surface area contributed by atoms with Crippen molar-refractivity contribution in [1.82, 2.24) is 10.6 Å². The van der Waals surface area contributed by atoms with Gasteiger partial charge in [-0.1, -0.05) is 13.3 Å². The molecule has 0 unspecified atom stereocenters. The van der Waals surface area contributed by atoms with Gasteiger partial charge in [0.15, 0.2) is 0 Å². The van der Waals surface area contributed by atoms with Crippen LogP contribution in [-0.2, 0) is 25.7 Å². The molecule has 0 bridgehead atoms. The van der Waals surface area contributed by atoms with Crippen molar-refractivity contribution >= 4 is 24.1 Å². The van der Waals surface area contributed by atoms with Crippen LogP contribution in [0.2, 0.25) is 0 Å². The zero-order valence-corrected chi connectivity index (χ0v) is 18.8. The highest BCUT2D eigenvalue weighted by Gasteiger charge is 2.13. The highest BCUT2D eigenvalue weighted by Crippen LogP contribution is 2.25. The van der Waals surface area contributed by atoms with Gasteiger partial charge < -0.3 is 30.0 Å². The maximum Gasteiger partial charge on any atom is 0.505 e. The van der Waals surface area contributed by atoms with Crippen molar-refractivity contribution in [2.45, 2.75) is 59.5 Å². The Morgan fingerprint density at radius 1 is 0.938 bits per heavy atom. The van der Waals surface area contributed by atoms with E-state index in [1.54, 1.807) is 32.9 Å². The zero-order valence-electron chi connectivity index (χ0n) is 18.8. The molecule has 3 N–H and O–H groups in total. The third kappa shape index (κ3) is 11.2. The number of alkyl carbamates (subject to hydrolysis) is 1. The molecule has 0 heterocycles. The molecule has 0 aliphatic carbocycles. The minimum absolute atomic E-state index is 0.0703. The first-order chi connectivity index (χ1) is 15.2. The summed E-state index contributed by atoms with van der Waals surface area (Å²) in [5.41, 5.74) is 2.18. The van der Waals surface area contributed by atoms with E-state index >= 15 is 0 Å². The third-order valence-corrected chi connectivity index (χ3v) is 4.42. The number of carbonyl (C=O) groups excluding carboxylic acids is 3. The normalized spacial score (nSPS) is 10.2. The van der Waals surface area contributed by atoms with Gasteiger partial charge in [0.05, 0.1) is 6.61 Å². The molecular formula is C22H32N2O8. The first-order valence-corrected chi connectivity index (χ1v) is 10.6. The number of carbonyl (C=O) groups is 4. The fraction of sp³-hybridized carbons (Fsp3) is 0.545. The van der Waals surface area contributed by atoms with Crippen LogP contribution < -0.4 is 15.4 Å². The molecule has 178 valence electrons. The molecule has 0 saturated carbocycles. The van der Waals surface area contributed by atoms with Gasteiger partial charge in [-0.3, -0.25) is 4.79 Å². The number of hydrogen-bond acceptors (Lipinski definition) is 7. The minimum Gasteiger partial charge on any atom is -0.450 e. The molecule has 1 rings (SSSR count). The number of benzene rings is 1. The largest absolute Gasteiger partial charge is 0.505 e. The fourth-order valence-corrected chi connectivity index (χ4v) is 2.86. The van der Waals surface area contributed by atoms with Gasteiger partial charge in [-0.05, 0) is 61.9 Å². The number of esters is 1. The predicted octanol–water partition coefficient (Wildman–Crippen LogP) is 3.22. The maximum absolute atomic E-state index is 11.9. The number of nitrogens with one attached hydrogen (secondary N) is 2. The first-order valence-electron chi connectivity index (χ1n) is 10.6. The molecule has 0 fully saturated rings. The summed E-state index contributed by atoms with van der Waals surface area (Å²) >= 11 is 0. The lowest BCUT2D eigenvalue weighted by Gasteiger charge is -2.13. The molecule has 10 heteroatoms. The number of carboxylic acid groups (broad SMARTS) is 1. The molecule has 0 saturated heterocycles. The second-order valence-corrected chi connectivity index (χ2v) is 7.19. The van der Waals surface area contributed by atoms with Crippen molar-refractivity contribution in [1.29, 1.82) is 0 Å². The van der Waals surface area contributed by atoms with Gasteiger partial charge in [0.1, 0.15) is 18.9 Å². The van der Waals surface area contributed by atoms with E-state index in [0.717, 1.165) is 24.8 Å². The van der Waals surface area contributed by atoms with E-state index in [2.05, 4.69) is 15.4 Å². The van der Waals surface area contributed by atoms with E-state index in [9.17, 15) is 19.2 Å². The Labute approximate surface area is 187 Å². The Bertz CT molecular complexity index is 771. The highest BCUT2D eigenvalue weighted by molar-refractivity contribution is 5.82. The lowest BCUT2D eigenvalue weighted by atomic mass is 10.1. The SMILES string of the molecule is CCC(=O)NCC(=O)Oc1c(C)cc(COC(=O)NCCCCCCOC(=O)O)cc1C. The van der Waals surface area contributed by atoms with Gasteiger partial charge >= 0.3 is 18.2 Å². The molecule has 1 aromatic rings. The molecule has 0 radical (unpaired) electrons. The molecule has 0 aromatic heterocycles. The Hall–Kier alpha value is -3.30. The smallest absolute Gasteiger partial charge is 0.450 e. The van der Waals surface area contributed by atoms with Crippen molar-refractivity contribution in [3.63, 3.8) is 0 Å². The molecule has 0 spiro atoms. The fourth-order valence-electron chi connectivity index (χ4n) is 2.86. The van der Waals surface area contributed by atoms with Crippen LogP contribution in [-0.4, -0.2) is 48.9 Å². The minimum atomic E-state index is -1.27. The topological polar surface area (TPSA) is 140 Å². The number of amides is 2. The van der Waals surface area contributed by atoms with E-state index in [0.29, 0.717) is 29.8 Å². The molecule has 32 heavy (non-hydrogen) atoms. The van der Waals surface area contributed by atoms with Crippen LogP contribution in [0.3, 0.4) is 0 Å². The first kappa shape index (κ1) is 26.7. The summed E-state index contributed by atoms with van der Waals surface area (Å²) in [6.07, 6.45) is 1.53. The number of aryl methyl sites for hydroxylation is 2. The summed E-state index contributed by atoms with van der Waals surface area (Å²) in [5, 5.41) is 13.5.